The Kier molecular flexibility index (Phi) is 3.64. The number of sulfone groups is 1. The zero-order valence-electron chi connectivity index (χ0n) is 7.93. The molecule has 1 aromatic heterocycles. The third-order valence-corrected chi connectivity index (χ3v) is 3.22. The molecule has 0 saturated heterocycles. The van der Waals surface area contributed by atoms with Crippen molar-refractivity contribution >= 4 is 32.3 Å². The Morgan fingerprint density at radius 2 is 2.33 bits per heavy atom. The van der Waals surface area contributed by atoms with Gasteiger partial charge in [-0.15, -0.1) is 11.3 Å². The number of carboxylic acids is 1. The van der Waals surface area contributed by atoms with Crippen molar-refractivity contribution in [1.29, 1.82) is 0 Å². The first-order valence-electron chi connectivity index (χ1n) is 3.99. The lowest BCUT2D eigenvalue weighted by Crippen LogP contribution is -2.14. The van der Waals surface area contributed by atoms with E-state index in [-0.39, 0.29) is 18.0 Å². The molecule has 15 heavy (non-hydrogen) atoms. The topological polar surface area (TPSA) is 96.4 Å². The normalized spacial score (nSPS) is 11.3. The molecule has 0 fully saturated rings. The van der Waals surface area contributed by atoms with Gasteiger partial charge in [0.05, 0.1) is 5.75 Å². The fourth-order valence-electron chi connectivity index (χ4n) is 0.797. The molecule has 0 aliphatic heterocycles. The van der Waals surface area contributed by atoms with E-state index in [0.29, 0.717) is 5.13 Å². The molecule has 0 saturated carbocycles. The van der Waals surface area contributed by atoms with Crippen LogP contribution in [0, 0.1) is 0 Å². The Balaban J connectivity index is 2.48. The molecule has 0 spiro atoms. The molecule has 0 atom stereocenters. The average Bonchev–Trinajstić information content (AvgIpc) is 2.50. The summed E-state index contributed by atoms with van der Waals surface area (Å²) in [6.45, 7) is 0.228. The molecule has 0 aliphatic carbocycles. The second-order valence-electron chi connectivity index (χ2n) is 2.90. The predicted octanol–water partition coefficient (Wildman–Crippen LogP) is 0.298. The maximum absolute atomic E-state index is 10.8. The van der Waals surface area contributed by atoms with Gasteiger partial charge < -0.3 is 10.4 Å². The van der Waals surface area contributed by atoms with Crippen molar-refractivity contribution in [3.63, 3.8) is 0 Å². The van der Waals surface area contributed by atoms with E-state index in [2.05, 4.69) is 10.3 Å². The van der Waals surface area contributed by atoms with Gasteiger partial charge in [-0.05, 0) is 0 Å². The van der Waals surface area contributed by atoms with Gasteiger partial charge in [-0.2, -0.15) is 0 Å². The molecule has 2 N–H and O–H groups in total. The van der Waals surface area contributed by atoms with E-state index in [1.807, 2.05) is 0 Å². The lowest BCUT2D eigenvalue weighted by molar-refractivity contribution is 0.0691. The summed E-state index contributed by atoms with van der Waals surface area (Å²) in [4.78, 5) is 14.2. The first-order valence-corrected chi connectivity index (χ1v) is 6.93. The highest BCUT2D eigenvalue weighted by atomic mass is 32.2. The molecule has 6 nitrogen and oxygen atoms in total. The minimum absolute atomic E-state index is 0.00498. The second kappa shape index (κ2) is 4.58. The second-order valence-corrected chi connectivity index (χ2v) is 6.02. The summed E-state index contributed by atoms with van der Waals surface area (Å²) in [6, 6.07) is 0. The summed E-state index contributed by atoms with van der Waals surface area (Å²) in [5.41, 5.74) is -0.0399. The van der Waals surface area contributed by atoms with Crippen LogP contribution in [0.1, 0.15) is 10.5 Å². The van der Waals surface area contributed by atoms with Gasteiger partial charge >= 0.3 is 5.97 Å². The number of hydrogen-bond acceptors (Lipinski definition) is 6. The highest BCUT2D eigenvalue weighted by Crippen LogP contribution is 2.14. The molecule has 0 aromatic carbocycles. The zero-order chi connectivity index (χ0) is 11.5. The van der Waals surface area contributed by atoms with Crippen molar-refractivity contribution in [3.8, 4) is 0 Å². The minimum atomic E-state index is -3.01. The quantitative estimate of drug-likeness (QED) is 0.780. The summed E-state index contributed by atoms with van der Waals surface area (Å²) in [5, 5.41) is 13.1. The van der Waals surface area contributed by atoms with Crippen molar-refractivity contribution in [2.45, 2.75) is 0 Å². The first-order chi connectivity index (χ1) is 6.88. The maximum atomic E-state index is 10.8. The number of carbonyl (C=O) groups is 1. The molecule has 0 unspecified atom stereocenters. The van der Waals surface area contributed by atoms with Crippen molar-refractivity contribution in [2.24, 2.45) is 0 Å². The van der Waals surface area contributed by atoms with E-state index >= 15 is 0 Å². The highest BCUT2D eigenvalue weighted by molar-refractivity contribution is 7.90. The average molecular weight is 250 g/mol. The summed E-state index contributed by atoms with van der Waals surface area (Å²) in [6.07, 6.45) is 1.14. The smallest absolute Gasteiger partial charge is 0.355 e. The van der Waals surface area contributed by atoms with Crippen LogP contribution in [0.4, 0.5) is 5.13 Å². The molecule has 0 amide bonds. The molecular formula is C7H10N2O4S2. The molecular weight excluding hydrogens is 240 g/mol. The number of carboxylic acid groups (broad SMARTS) is 1. The number of rotatable bonds is 5. The number of aromatic carboxylic acids is 1. The van der Waals surface area contributed by atoms with Gasteiger partial charge in [0.15, 0.2) is 10.8 Å². The van der Waals surface area contributed by atoms with E-state index in [9.17, 15) is 13.2 Å². The van der Waals surface area contributed by atoms with Crippen molar-refractivity contribution in [1.82, 2.24) is 4.98 Å². The number of hydrogen-bond donors (Lipinski definition) is 2. The van der Waals surface area contributed by atoms with Gasteiger partial charge in [0.1, 0.15) is 9.84 Å². The lowest BCUT2D eigenvalue weighted by atomic mass is 10.5. The van der Waals surface area contributed by atoms with E-state index in [1.165, 1.54) is 5.38 Å². The van der Waals surface area contributed by atoms with Gasteiger partial charge in [0.2, 0.25) is 0 Å². The fourth-order valence-corrected chi connectivity index (χ4v) is 1.98. The minimum Gasteiger partial charge on any atom is -0.476 e. The number of aromatic nitrogens is 1. The van der Waals surface area contributed by atoms with Gasteiger partial charge in [-0.1, -0.05) is 0 Å². The molecule has 0 aliphatic rings. The lowest BCUT2D eigenvalue weighted by Gasteiger charge is -1.99. The predicted molar refractivity (Wildman–Crippen MR) is 57.3 cm³/mol. The molecule has 1 rings (SSSR count). The van der Waals surface area contributed by atoms with E-state index in [4.69, 9.17) is 5.11 Å². The summed E-state index contributed by atoms with van der Waals surface area (Å²) in [5.74, 6) is -1.10. The summed E-state index contributed by atoms with van der Waals surface area (Å²) >= 11 is 1.13. The molecule has 0 radical (unpaired) electrons. The molecule has 1 heterocycles. The summed E-state index contributed by atoms with van der Waals surface area (Å²) < 4.78 is 21.6. The van der Waals surface area contributed by atoms with E-state index in [0.717, 1.165) is 17.6 Å². The Bertz CT molecular complexity index is 451. The third kappa shape index (κ3) is 4.26. The fraction of sp³-hybridized carbons (Fsp3) is 0.429. The van der Waals surface area contributed by atoms with Crippen LogP contribution in [0.15, 0.2) is 5.38 Å². The SMILES string of the molecule is CS(=O)(=O)CCNc1nc(C(=O)O)cs1. The highest BCUT2D eigenvalue weighted by Gasteiger charge is 2.08. The monoisotopic (exact) mass is 250 g/mol. The number of anilines is 1. The summed E-state index contributed by atoms with van der Waals surface area (Å²) in [7, 11) is -3.01. The van der Waals surface area contributed by atoms with Crippen LogP contribution in [0.3, 0.4) is 0 Å². The zero-order valence-corrected chi connectivity index (χ0v) is 9.56. The van der Waals surface area contributed by atoms with Crippen molar-refractivity contribution < 1.29 is 18.3 Å². The molecule has 8 heteroatoms. The maximum Gasteiger partial charge on any atom is 0.355 e. The van der Waals surface area contributed by atoms with Crippen LogP contribution < -0.4 is 5.32 Å². The van der Waals surface area contributed by atoms with Gasteiger partial charge in [-0.3, -0.25) is 0 Å². The Labute approximate surface area is 90.9 Å². The van der Waals surface area contributed by atoms with Crippen LogP contribution in [0.2, 0.25) is 0 Å². The number of thiazole rings is 1. The van der Waals surface area contributed by atoms with Crippen LogP contribution in [0.25, 0.3) is 0 Å². The molecule has 84 valence electrons. The largest absolute Gasteiger partial charge is 0.476 e. The van der Waals surface area contributed by atoms with Crippen molar-refractivity contribution in [2.75, 3.05) is 23.9 Å². The molecule has 0 bridgehead atoms. The van der Waals surface area contributed by atoms with E-state index < -0.39 is 15.8 Å². The van der Waals surface area contributed by atoms with Gasteiger partial charge in [0.25, 0.3) is 0 Å². The Hall–Kier alpha value is -1.15. The van der Waals surface area contributed by atoms with Gasteiger partial charge in [-0.25, -0.2) is 18.2 Å². The Morgan fingerprint density at radius 3 is 2.80 bits per heavy atom. The number of nitrogens with one attached hydrogen (secondary N) is 1. The van der Waals surface area contributed by atoms with Crippen LogP contribution in [-0.4, -0.2) is 43.0 Å². The first kappa shape index (κ1) is 11.9. The van der Waals surface area contributed by atoms with Gasteiger partial charge in [0, 0.05) is 18.2 Å². The standard InChI is InChI=1S/C7H10N2O4S2/c1-15(12,13)3-2-8-7-9-5(4-14-7)6(10)11/h4H,2-3H2,1H3,(H,8,9)(H,10,11). The third-order valence-electron chi connectivity index (χ3n) is 1.47. The van der Waals surface area contributed by atoms with Crippen molar-refractivity contribution in [3.05, 3.63) is 11.1 Å². The number of nitrogens with zero attached hydrogens (tertiary/aromatic N) is 1. The van der Waals surface area contributed by atoms with Crippen LogP contribution in [0.5, 0.6) is 0 Å². The molecule has 1 aromatic rings. The van der Waals surface area contributed by atoms with Crippen LogP contribution >= 0.6 is 11.3 Å². The van der Waals surface area contributed by atoms with Crippen LogP contribution in [-0.2, 0) is 9.84 Å². The Morgan fingerprint density at radius 1 is 1.67 bits per heavy atom. The van der Waals surface area contributed by atoms with E-state index in [1.54, 1.807) is 0 Å².